The summed E-state index contributed by atoms with van der Waals surface area (Å²) in [7, 11) is 0. The number of para-hydroxylation sites is 1. The van der Waals surface area contributed by atoms with E-state index in [9.17, 15) is 6.85 Å². The first-order valence-electron chi connectivity index (χ1n) is 22.0. The number of hydrogen-bond acceptors (Lipinski definition) is 2. The monoisotopic (exact) mass is 601 g/mol. The van der Waals surface area contributed by atoms with Gasteiger partial charge in [0.05, 0.1) is 26.8 Å². The average molecular weight is 602 g/mol. The zero-order valence-electron chi connectivity index (χ0n) is 38.7. The molecule has 0 spiro atoms. The van der Waals surface area contributed by atoms with Gasteiger partial charge >= 0.3 is 0 Å². The zero-order chi connectivity index (χ0) is 43.2. The van der Waals surface area contributed by atoms with Gasteiger partial charge in [-0.1, -0.05) is 139 Å². The Balaban J connectivity index is 1.47. The Hall–Kier alpha value is -6.12. The van der Waals surface area contributed by atoms with Crippen molar-refractivity contribution in [3.63, 3.8) is 0 Å². The summed E-state index contributed by atoms with van der Waals surface area (Å²) < 4.78 is 148. The van der Waals surface area contributed by atoms with E-state index in [4.69, 9.17) is 22.5 Å². The third kappa shape index (κ3) is 3.53. The van der Waals surface area contributed by atoms with Crippen LogP contribution in [0.4, 0.5) is 0 Å². The maximum absolute atomic E-state index is 9.45. The van der Waals surface area contributed by atoms with Crippen LogP contribution in [0.3, 0.4) is 0 Å². The summed E-state index contributed by atoms with van der Waals surface area (Å²) in [6, 6.07) is 7.93. The van der Waals surface area contributed by atoms with Gasteiger partial charge in [0, 0.05) is 32.8 Å². The van der Waals surface area contributed by atoms with Crippen LogP contribution in [0.2, 0.25) is 0 Å². The molecule has 0 N–H and O–H groups in total. The van der Waals surface area contributed by atoms with Crippen molar-refractivity contribution in [1.29, 1.82) is 0 Å². The first kappa shape index (κ1) is 14.8. The molecule has 0 radical (unpaired) electrons. The summed E-state index contributed by atoms with van der Waals surface area (Å²) in [6.45, 7) is 0. The predicted molar refractivity (Wildman–Crippen MR) is 192 cm³/mol. The second-order valence-corrected chi connectivity index (χ2v) is 10.9. The topological polar surface area (TPSA) is 26.3 Å². The molecular formula is C44H26O2. The van der Waals surface area contributed by atoms with E-state index in [0.717, 1.165) is 16.5 Å². The average Bonchev–Trinajstić information content (AvgIpc) is 3.88. The van der Waals surface area contributed by atoms with Crippen LogP contribution < -0.4 is 0 Å². The van der Waals surface area contributed by atoms with E-state index >= 15 is 0 Å². The number of fused-ring (bicyclic) bond motifs is 8. The highest BCUT2D eigenvalue weighted by molar-refractivity contribution is 6.26. The van der Waals surface area contributed by atoms with E-state index < -0.39 is 107 Å². The van der Waals surface area contributed by atoms with Gasteiger partial charge < -0.3 is 8.83 Å². The SMILES string of the molecule is [2H]c1c([2H])c([2H])c2c(-c3c4c([2H])c([2H])c([2H])c([2H])c4c(-c4cccc5c4oc4c5ccc5c(-c6ccccc6)coc54)c4c([2H])c([2H])c([2H])c([2H])c34)c([2H])c([2H])c([2H])c2c1[2H]. The van der Waals surface area contributed by atoms with Crippen LogP contribution >= 0.6 is 0 Å². The quantitative estimate of drug-likeness (QED) is 0.188. The Morgan fingerprint density at radius 2 is 1.00 bits per heavy atom. The Labute approximate surface area is 285 Å². The largest absolute Gasteiger partial charge is 0.460 e. The normalized spacial score (nSPS) is 16.5. The number of furan rings is 2. The first-order valence-corrected chi connectivity index (χ1v) is 14.5. The van der Waals surface area contributed by atoms with Crippen molar-refractivity contribution < 1.29 is 29.4 Å². The second kappa shape index (κ2) is 9.69. The van der Waals surface area contributed by atoms with Gasteiger partial charge in [0.25, 0.3) is 0 Å². The van der Waals surface area contributed by atoms with Gasteiger partial charge in [0.2, 0.25) is 0 Å². The minimum atomic E-state index is -0.772. The summed E-state index contributed by atoms with van der Waals surface area (Å²) in [6.07, 6.45) is 1.63. The van der Waals surface area contributed by atoms with E-state index in [2.05, 4.69) is 0 Å². The van der Waals surface area contributed by atoms with Crippen molar-refractivity contribution >= 4 is 65.2 Å². The molecule has 10 rings (SSSR count). The Morgan fingerprint density at radius 3 is 1.74 bits per heavy atom. The van der Waals surface area contributed by atoms with Crippen molar-refractivity contribution in [2.75, 3.05) is 0 Å². The number of rotatable bonds is 3. The molecule has 0 atom stereocenters. The van der Waals surface area contributed by atoms with Gasteiger partial charge in [0.1, 0.15) is 5.58 Å². The lowest BCUT2D eigenvalue weighted by molar-refractivity contribution is 0.601. The van der Waals surface area contributed by atoms with Crippen LogP contribution in [0.15, 0.2) is 166 Å². The van der Waals surface area contributed by atoms with Crippen molar-refractivity contribution in [2.24, 2.45) is 0 Å². The molecule has 46 heavy (non-hydrogen) atoms. The predicted octanol–water partition coefficient (Wildman–Crippen LogP) is 12.8. The summed E-state index contributed by atoms with van der Waals surface area (Å²) in [5.41, 5.74) is 1.99. The Kier molecular flexibility index (Phi) is 3.11. The molecule has 2 aromatic heterocycles. The smallest absolute Gasteiger partial charge is 0.178 e. The number of hydrogen-bond donors (Lipinski definition) is 0. The highest BCUT2D eigenvalue weighted by Gasteiger charge is 2.22. The fourth-order valence-corrected chi connectivity index (χ4v) is 6.53. The summed E-state index contributed by atoms with van der Waals surface area (Å²) in [4.78, 5) is 0. The lowest BCUT2D eigenvalue weighted by Crippen LogP contribution is -1.91. The van der Waals surface area contributed by atoms with E-state index in [-0.39, 0.29) is 43.8 Å². The molecular weight excluding hydrogens is 560 g/mol. The van der Waals surface area contributed by atoms with E-state index in [1.807, 2.05) is 42.5 Å². The highest BCUT2D eigenvalue weighted by Crippen LogP contribution is 2.48. The molecule has 0 bridgehead atoms. The molecule has 214 valence electrons. The molecule has 2 nitrogen and oxygen atoms in total. The van der Waals surface area contributed by atoms with Crippen molar-refractivity contribution in [2.45, 2.75) is 0 Å². The van der Waals surface area contributed by atoms with Crippen molar-refractivity contribution in [3.8, 4) is 33.4 Å². The minimum absolute atomic E-state index is 0.0565. The summed E-state index contributed by atoms with van der Waals surface area (Å²) in [5.74, 6) is 0. The Morgan fingerprint density at radius 1 is 0.391 bits per heavy atom. The molecule has 0 aliphatic carbocycles. The molecule has 0 saturated heterocycles. The molecule has 2 heteroatoms. The second-order valence-electron chi connectivity index (χ2n) is 10.9. The van der Waals surface area contributed by atoms with Crippen molar-refractivity contribution in [1.82, 2.24) is 0 Å². The number of benzene rings is 8. The van der Waals surface area contributed by atoms with Gasteiger partial charge in [-0.2, -0.15) is 0 Å². The maximum atomic E-state index is 9.45. The molecule has 10 aromatic rings. The molecule has 0 saturated carbocycles. The fraction of sp³-hybridized carbons (Fsp3) is 0. The van der Waals surface area contributed by atoms with Gasteiger partial charge in [0.15, 0.2) is 11.2 Å². The molecule has 0 aliphatic heterocycles. The van der Waals surface area contributed by atoms with Gasteiger partial charge in [-0.25, -0.2) is 0 Å². The standard InChI is InChI=1S/C44H26O2/c1-2-12-28(13-3-1)39-26-45-43-37(39)25-24-36-35-22-11-23-38(42(35)46-44(36)43)41-33-19-8-6-17-31(33)40(32-18-7-9-20-34(32)41)30-21-10-15-27-14-4-5-16-29(27)30/h1-26H/i4D,5D,6D,7D,8D,9D,10D,14D,15D,16D,17D,18D,19D,20D,21D. The zero-order valence-corrected chi connectivity index (χ0v) is 23.7. The van der Waals surface area contributed by atoms with Crippen LogP contribution in [-0.4, -0.2) is 0 Å². The van der Waals surface area contributed by atoms with Crippen LogP contribution in [0.1, 0.15) is 20.6 Å². The van der Waals surface area contributed by atoms with Crippen LogP contribution in [-0.2, 0) is 0 Å². The van der Waals surface area contributed by atoms with E-state index in [0.29, 0.717) is 21.9 Å². The third-order valence-corrected chi connectivity index (χ3v) is 8.50. The lowest BCUT2D eigenvalue weighted by Gasteiger charge is -2.18. The van der Waals surface area contributed by atoms with Crippen LogP contribution in [0.5, 0.6) is 0 Å². The van der Waals surface area contributed by atoms with Crippen molar-refractivity contribution in [3.05, 3.63) is 158 Å². The first-order chi connectivity index (χ1) is 29.1. The Bertz CT molecular complexity index is 3560. The fourth-order valence-electron chi connectivity index (χ4n) is 6.53. The molecule has 0 fully saturated rings. The highest BCUT2D eigenvalue weighted by atomic mass is 16.4. The lowest BCUT2D eigenvalue weighted by atomic mass is 9.84. The molecule has 8 aromatic carbocycles. The summed E-state index contributed by atoms with van der Waals surface area (Å²) in [5, 5.41) is -0.0912. The van der Waals surface area contributed by atoms with Crippen LogP contribution in [0, 0.1) is 0 Å². The third-order valence-electron chi connectivity index (χ3n) is 8.50. The maximum Gasteiger partial charge on any atom is 0.178 e. The van der Waals surface area contributed by atoms with Crippen LogP contribution in [0.25, 0.3) is 98.6 Å². The molecule has 2 heterocycles. The molecule has 0 unspecified atom stereocenters. The molecule has 0 amide bonds. The van der Waals surface area contributed by atoms with Gasteiger partial charge in [-0.15, -0.1) is 0 Å². The van der Waals surface area contributed by atoms with E-state index in [1.54, 1.807) is 24.5 Å². The van der Waals surface area contributed by atoms with Gasteiger partial charge in [-0.05, 0) is 61.1 Å². The summed E-state index contributed by atoms with van der Waals surface area (Å²) >= 11 is 0. The van der Waals surface area contributed by atoms with Gasteiger partial charge in [-0.3, -0.25) is 0 Å². The van der Waals surface area contributed by atoms with E-state index in [1.165, 1.54) is 0 Å². The minimum Gasteiger partial charge on any atom is -0.460 e. The molecule has 0 aliphatic rings.